The van der Waals surface area contributed by atoms with Gasteiger partial charge in [-0.1, -0.05) is 29.8 Å². The Kier molecular flexibility index (Phi) is 7.59. The third-order valence-electron chi connectivity index (χ3n) is 6.67. The molecule has 1 saturated heterocycles. The van der Waals surface area contributed by atoms with Crippen molar-refractivity contribution in [2.45, 2.75) is 52.6 Å². The minimum Gasteiger partial charge on any atom is -0.497 e. The summed E-state index contributed by atoms with van der Waals surface area (Å²) in [5.74, 6) is 0.943. The van der Waals surface area contributed by atoms with E-state index in [1.165, 1.54) is 5.56 Å². The number of carbonyl (C=O) groups is 1. The molecule has 0 bridgehead atoms. The van der Waals surface area contributed by atoms with Gasteiger partial charge in [0.2, 0.25) is 5.91 Å². The monoisotopic (exact) mass is 480 g/mol. The predicted molar refractivity (Wildman–Crippen MR) is 136 cm³/mol. The van der Waals surface area contributed by atoms with Gasteiger partial charge in [-0.2, -0.15) is 5.10 Å². The Morgan fingerprint density at radius 3 is 2.62 bits per heavy atom. The van der Waals surface area contributed by atoms with E-state index in [1.807, 2.05) is 55.8 Å². The zero-order chi connectivity index (χ0) is 24.2. The average molecular weight is 481 g/mol. The Morgan fingerprint density at radius 2 is 1.91 bits per heavy atom. The second kappa shape index (κ2) is 10.6. The smallest absolute Gasteiger partial charge is 0.224 e. The van der Waals surface area contributed by atoms with Crippen molar-refractivity contribution in [2.75, 3.05) is 20.2 Å². The molecule has 1 aliphatic heterocycles. The van der Waals surface area contributed by atoms with E-state index in [9.17, 15) is 4.79 Å². The fourth-order valence-corrected chi connectivity index (χ4v) is 4.77. The number of nitrogens with one attached hydrogen (secondary N) is 1. The first-order chi connectivity index (χ1) is 16.3. The van der Waals surface area contributed by atoms with Crippen LogP contribution in [0, 0.1) is 20.8 Å². The normalized spacial score (nSPS) is 14.9. The molecule has 6 nitrogen and oxygen atoms in total. The van der Waals surface area contributed by atoms with Gasteiger partial charge >= 0.3 is 0 Å². The number of likely N-dealkylation sites (tertiary alicyclic amines) is 1. The van der Waals surface area contributed by atoms with Crippen LogP contribution in [0.3, 0.4) is 0 Å². The molecule has 0 radical (unpaired) electrons. The van der Waals surface area contributed by atoms with Crippen molar-refractivity contribution in [1.82, 2.24) is 20.0 Å². The molecule has 34 heavy (non-hydrogen) atoms. The van der Waals surface area contributed by atoms with Crippen molar-refractivity contribution < 1.29 is 9.53 Å². The molecule has 0 unspecified atom stereocenters. The lowest BCUT2D eigenvalue weighted by molar-refractivity contribution is -0.121. The van der Waals surface area contributed by atoms with Crippen molar-refractivity contribution >= 4 is 17.5 Å². The van der Waals surface area contributed by atoms with Crippen LogP contribution in [0.4, 0.5) is 0 Å². The number of ether oxygens (including phenoxy) is 1. The lowest BCUT2D eigenvalue weighted by atomic mass is 10.0. The molecule has 1 N–H and O–H groups in total. The number of benzene rings is 2. The van der Waals surface area contributed by atoms with E-state index in [-0.39, 0.29) is 11.9 Å². The lowest BCUT2D eigenvalue weighted by Gasteiger charge is -2.32. The fourth-order valence-electron chi connectivity index (χ4n) is 4.60. The number of carbonyl (C=O) groups excluding carboxylic acids is 1. The van der Waals surface area contributed by atoms with Gasteiger partial charge in [0.1, 0.15) is 5.75 Å². The van der Waals surface area contributed by atoms with Gasteiger partial charge in [-0.3, -0.25) is 9.69 Å². The van der Waals surface area contributed by atoms with E-state index >= 15 is 0 Å². The average Bonchev–Trinajstić information content (AvgIpc) is 3.10. The van der Waals surface area contributed by atoms with E-state index in [4.69, 9.17) is 16.3 Å². The van der Waals surface area contributed by atoms with Gasteiger partial charge in [-0.25, -0.2) is 4.68 Å². The molecule has 2 aromatic carbocycles. The van der Waals surface area contributed by atoms with Crippen LogP contribution in [0.2, 0.25) is 5.02 Å². The standard InChI is InChI=1S/C27H33ClN4O2/c1-18-8-9-23(15-26(18)28)32-20(3)25(19(2)30-32)16-27(33)29-22-10-12-31(13-11-22)17-21-6-5-7-24(14-21)34-4/h5-9,14-15,22H,10-13,16-17H2,1-4H3,(H,29,33). The molecule has 1 amide bonds. The molecule has 0 aliphatic carbocycles. The second-order valence-corrected chi connectivity index (χ2v) is 9.55. The number of hydrogen-bond acceptors (Lipinski definition) is 4. The molecule has 7 heteroatoms. The SMILES string of the molecule is COc1cccc(CN2CCC(NC(=O)Cc3c(C)nn(-c4ccc(C)c(Cl)c4)c3C)CC2)c1. The lowest BCUT2D eigenvalue weighted by Crippen LogP contribution is -2.44. The van der Waals surface area contributed by atoms with E-state index in [0.29, 0.717) is 11.4 Å². The summed E-state index contributed by atoms with van der Waals surface area (Å²) in [4.78, 5) is 15.3. The van der Waals surface area contributed by atoms with E-state index in [2.05, 4.69) is 27.4 Å². The van der Waals surface area contributed by atoms with Crippen molar-refractivity contribution in [2.24, 2.45) is 0 Å². The van der Waals surface area contributed by atoms with Crippen LogP contribution in [0.1, 0.15) is 40.9 Å². The topological polar surface area (TPSA) is 59.4 Å². The molecule has 0 saturated carbocycles. The molecule has 1 fully saturated rings. The highest BCUT2D eigenvalue weighted by Crippen LogP contribution is 2.23. The Morgan fingerprint density at radius 1 is 1.15 bits per heavy atom. The van der Waals surface area contributed by atoms with Gasteiger partial charge in [-0.05, 0) is 69.0 Å². The molecule has 2 heterocycles. The Labute approximate surface area is 206 Å². The number of halogens is 1. The molecule has 4 rings (SSSR count). The highest BCUT2D eigenvalue weighted by Gasteiger charge is 2.22. The second-order valence-electron chi connectivity index (χ2n) is 9.14. The summed E-state index contributed by atoms with van der Waals surface area (Å²) in [6.07, 6.45) is 2.24. The maximum atomic E-state index is 12.9. The van der Waals surface area contributed by atoms with Gasteiger partial charge in [0.15, 0.2) is 0 Å². The zero-order valence-electron chi connectivity index (χ0n) is 20.4. The number of piperidine rings is 1. The summed E-state index contributed by atoms with van der Waals surface area (Å²) in [6.45, 7) is 8.77. The van der Waals surface area contributed by atoms with Crippen molar-refractivity contribution in [3.8, 4) is 11.4 Å². The summed E-state index contributed by atoms with van der Waals surface area (Å²) in [7, 11) is 1.69. The van der Waals surface area contributed by atoms with Gasteiger partial charge in [0.05, 0.1) is 24.9 Å². The number of amides is 1. The molecular weight excluding hydrogens is 448 g/mol. The van der Waals surface area contributed by atoms with E-state index in [1.54, 1.807) is 7.11 Å². The van der Waals surface area contributed by atoms with Crippen LogP contribution in [-0.4, -0.2) is 46.8 Å². The van der Waals surface area contributed by atoms with Crippen LogP contribution < -0.4 is 10.1 Å². The van der Waals surface area contributed by atoms with Crippen LogP contribution in [0.25, 0.3) is 5.69 Å². The van der Waals surface area contributed by atoms with Crippen LogP contribution >= 0.6 is 11.6 Å². The molecule has 0 spiro atoms. The third-order valence-corrected chi connectivity index (χ3v) is 7.08. The van der Waals surface area contributed by atoms with Crippen LogP contribution in [0.15, 0.2) is 42.5 Å². The fraction of sp³-hybridized carbons (Fsp3) is 0.407. The maximum Gasteiger partial charge on any atom is 0.224 e. The predicted octanol–water partition coefficient (Wildman–Crippen LogP) is 4.78. The number of rotatable bonds is 7. The molecule has 0 atom stereocenters. The Hall–Kier alpha value is -2.83. The number of aryl methyl sites for hydroxylation is 2. The van der Waals surface area contributed by atoms with Crippen molar-refractivity contribution in [1.29, 1.82) is 0 Å². The Balaban J connectivity index is 1.32. The van der Waals surface area contributed by atoms with Gasteiger partial charge in [-0.15, -0.1) is 0 Å². The summed E-state index contributed by atoms with van der Waals surface area (Å²) in [5.41, 5.74) is 6.01. The van der Waals surface area contributed by atoms with Crippen molar-refractivity contribution in [3.63, 3.8) is 0 Å². The number of hydrogen-bond donors (Lipinski definition) is 1. The number of aromatic nitrogens is 2. The van der Waals surface area contributed by atoms with E-state index < -0.39 is 0 Å². The third kappa shape index (κ3) is 5.62. The summed E-state index contributed by atoms with van der Waals surface area (Å²) >= 11 is 6.31. The highest BCUT2D eigenvalue weighted by atomic mass is 35.5. The number of nitrogens with zero attached hydrogens (tertiary/aromatic N) is 3. The largest absolute Gasteiger partial charge is 0.497 e. The van der Waals surface area contributed by atoms with Gasteiger partial charge in [0, 0.05) is 42.0 Å². The summed E-state index contributed by atoms with van der Waals surface area (Å²) < 4.78 is 7.20. The van der Waals surface area contributed by atoms with Gasteiger partial charge in [0.25, 0.3) is 0 Å². The number of methoxy groups -OCH3 is 1. The molecular formula is C27H33ClN4O2. The Bertz CT molecular complexity index is 1170. The summed E-state index contributed by atoms with van der Waals surface area (Å²) in [5, 5.41) is 8.63. The van der Waals surface area contributed by atoms with Crippen LogP contribution in [0.5, 0.6) is 5.75 Å². The van der Waals surface area contributed by atoms with Gasteiger partial charge < -0.3 is 10.1 Å². The summed E-state index contributed by atoms with van der Waals surface area (Å²) in [6, 6.07) is 14.3. The minimum absolute atomic E-state index is 0.0546. The molecule has 3 aromatic rings. The first-order valence-electron chi connectivity index (χ1n) is 11.8. The first-order valence-corrected chi connectivity index (χ1v) is 12.2. The quantitative estimate of drug-likeness (QED) is 0.528. The molecule has 180 valence electrons. The van der Waals surface area contributed by atoms with Crippen LogP contribution in [-0.2, 0) is 17.8 Å². The minimum atomic E-state index is 0.0546. The van der Waals surface area contributed by atoms with Crippen molar-refractivity contribution in [3.05, 3.63) is 75.6 Å². The maximum absolute atomic E-state index is 12.9. The highest BCUT2D eigenvalue weighted by molar-refractivity contribution is 6.31. The molecule has 1 aromatic heterocycles. The van der Waals surface area contributed by atoms with E-state index in [0.717, 1.165) is 66.4 Å². The first kappa shape index (κ1) is 24.3. The zero-order valence-corrected chi connectivity index (χ0v) is 21.2. The molecule has 1 aliphatic rings.